The summed E-state index contributed by atoms with van der Waals surface area (Å²) in [6.07, 6.45) is 5.28. The van der Waals surface area contributed by atoms with Crippen LogP contribution in [0.2, 0.25) is 0 Å². The Morgan fingerprint density at radius 1 is 0.551 bits per heavy atom. The molecule has 3 aromatic carbocycles. The van der Waals surface area contributed by atoms with Crippen LogP contribution in [0.5, 0.6) is 17.2 Å². The molecule has 0 bridgehead atoms. The number of rotatable bonds is 31. The number of nitrogens with two attached hydrogens (primary N) is 5. The molecule has 1 heterocycles. The Morgan fingerprint density at radius 3 is 1.22 bits per heavy atom. The molecule has 0 aliphatic rings. The van der Waals surface area contributed by atoms with Crippen LogP contribution < -0.4 is 58.8 Å². The molecule has 4 aromatic rings. The number of benzene rings is 3. The number of hydrogen-bond acceptors (Lipinski definition) is 16. The molecule has 3 atom stereocenters. The maximum Gasteiger partial charge on any atom is 0.263 e. The number of anilines is 1. The number of primary amides is 1. The Bertz CT molecular complexity index is 2430. The minimum Gasteiger partial charge on any atom is -0.496 e. The van der Waals surface area contributed by atoms with Gasteiger partial charge in [-0.3, -0.25) is 33.6 Å². The fraction of sp³-hybridized carbons (Fsp3) is 0.429. The normalized spacial score (nSPS) is 12.3. The van der Waals surface area contributed by atoms with E-state index in [-0.39, 0.29) is 94.8 Å². The Hall–Kier alpha value is -6.74. The summed E-state index contributed by atoms with van der Waals surface area (Å²) in [4.78, 5) is 98.9. The number of amides is 4. The number of nitrogens with zero attached hydrogens (tertiary/aromatic N) is 1. The number of nitrogens with one attached hydrogen (secondary N) is 3. The Labute approximate surface area is 407 Å². The van der Waals surface area contributed by atoms with E-state index in [2.05, 4.69) is 20.9 Å². The highest BCUT2D eigenvalue weighted by atomic mass is 32.1. The van der Waals surface area contributed by atoms with Gasteiger partial charge >= 0.3 is 0 Å². The van der Waals surface area contributed by atoms with Crippen LogP contribution in [0, 0.1) is 0 Å². The second kappa shape index (κ2) is 27.9. The fourth-order valence-corrected chi connectivity index (χ4v) is 8.22. The molecule has 0 saturated carbocycles. The van der Waals surface area contributed by atoms with Gasteiger partial charge in [0.1, 0.15) is 22.1 Å². The number of methoxy groups -OCH3 is 3. The molecule has 0 aliphatic heterocycles. The summed E-state index contributed by atoms with van der Waals surface area (Å²) >= 11 is 1.00. The lowest BCUT2D eigenvalue weighted by Gasteiger charge is -2.21. The highest BCUT2D eigenvalue weighted by Crippen LogP contribution is 2.25. The number of carbonyl (C=O) groups is 7. The number of unbranched alkanes of at least 4 members (excludes halogenated alkanes) is 3. The van der Waals surface area contributed by atoms with E-state index >= 15 is 0 Å². The topological polar surface area (TPSA) is 326 Å². The van der Waals surface area contributed by atoms with E-state index in [1.165, 1.54) is 45.7 Å². The van der Waals surface area contributed by atoms with Crippen LogP contribution >= 0.6 is 11.3 Å². The van der Waals surface area contributed by atoms with Crippen molar-refractivity contribution >= 4 is 57.4 Å². The number of nitrogen functional groups attached to an aromatic ring is 1. The van der Waals surface area contributed by atoms with E-state index in [1.54, 1.807) is 36.4 Å². The molecule has 0 unspecified atom stereocenters. The molecule has 374 valence electrons. The molecular formula is C49H67N9O10S. The third kappa shape index (κ3) is 16.5. The van der Waals surface area contributed by atoms with Crippen LogP contribution in [-0.2, 0) is 33.6 Å². The minimum atomic E-state index is -0.987. The van der Waals surface area contributed by atoms with Gasteiger partial charge in [0.15, 0.2) is 22.5 Å². The minimum absolute atomic E-state index is 0. The molecule has 0 saturated heterocycles. The van der Waals surface area contributed by atoms with Gasteiger partial charge < -0.3 is 58.8 Å². The maximum absolute atomic E-state index is 14.1. The first-order valence-electron chi connectivity index (χ1n) is 22.8. The lowest BCUT2D eigenvalue weighted by atomic mass is 9.95. The number of thiazole rings is 1. The monoisotopic (exact) mass is 973 g/mol. The van der Waals surface area contributed by atoms with Crippen LogP contribution in [0.1, 0.15) is 117 Å². The molecule has 0 fully saturated rings. The molecule has 69 heavy (non-hydrogen) atoms. The highest BCUT2D eigenvalue weighted by Gasteiger charge is 2.28. The number of ether oxygens (including phenoxy) is 3. The predicted molar refractivity (Wildman–Crippen MR) is 265 cm³/mol. The van der Waals surface area contributed by atoms with Gasteiger partial charge in [0.05, 0.1) is 62.3 Å². The smallest absolute Gasteiger partial charge is 0.263 e. The maximum atomic E-state index is 14.1. The van der Waals surface area contributed by atoms with Gasteiger partial charge in [0.25, 0.3) is 23.6 Å². The molecule has 1 aromatic heterocycles. The van der Waals surface area contributed by atoms with Gasteiger partial charge in [0, 0.05) is 20.7 Å². The third-order valence-corrected chi connectivity index (χ3v) is 12.2. The second-order valence-electron chi connectivity index (χ2n) is 16.4. The summed E-state index contributed by atoms with van der Waals surface area (Å²) in [7, 11) is 4.19. The van der Waals surface area contributed by atoms with Crippen molar-refractivity contribution in [2.45, 2.75) is 95.2 Å². The van der Waals surface area contributed by atoms with Crippen molar-refractivity contribution in [3.63, 3.8) is 0 Å². The van der Waals surface area contributed by atoms with Crippen molar-refractivity contribution in [3.05, 3.63) is 99.1 Å². The lowest BCUT2D eigenvalue weighted by Crippen LogP contribution is -2.42. The molecule has 4 rings (SSSR count). The summed E-state index contributed by atoms with van der Waals surface area (Å²) in [5.74, 6) is -2.74. The van der Waals surface area contributed by atoms with Crippen LogP contribution in [0.15, 0.2) is 60.8 Å². The molecule has 0 aliphatic carbocycles. The quantitative estimate of drug-likeness (QED) is 0.0336. The zero-order valence-electron chi connectivity index (χ0n) is 39.4. The molecular weight excluding hydrogens is 907 g/mol. The van der Waals surface area contributed by atoms with Crippen molar-refractivity contribution < 1.29 is 49.2 Å². The number of ketones is 3. The third-order valence-electron chi connectivity index (χ3n) is 11.4. The van der Waals surface area contributed by atoms with E-state index in [9.17, 15) is 33.6 Å². The van der Waals surface area contributed by atoms with Crippen molar-refractivity contribution in [2.24, 2.45) is 22.9 Å². The average Bonchev–Trinajstić information content (AvgIpc) is 3.79. The van der Waals surface area contributed by atoms with E-state index in [0.29, 0.717) is 81.3 Å². The average molecular weight is 974 g/mol. The SMILES string of the molecule is COc1ccc(CC(=O)[C@H](CCCCN)NC(=O)c2cc(CC(=O)[C@H](CCCCN)NC(=O)c3cc(CC(=O)[C@H](CCCCN)NC(=O)c4cnc(N)s4)ccc3OC)ccc2OC)cc1C(N)=O.[HH]. The van der Waals surface area contributed by atoms with Crippen molar-refractivity contribution in [1.29, 1.82) is 0 Å². The van der Waals surface area contributed by atoms with Crippen molar-refractivity contribution in [2.75, 3.05) is 46.7 Å². The summed E-state index contributed by atoms with van der Waals surface area (Å²) in [6, 6.07) is 11.3. The first-order chi connectivity index (χ1) is 33.2. The van der Waals surface area contributed by atoms with Crippen LogP contribution in [0.3, 0.4) is 0 Å². The summed E-state index contributed by atoms with van der Waals surface area (Å²) in [5, 5.41) is 8.73. The number of aromatic nitrogens is 1. The lowest BCUT2D eigenvalue weighted by molar-refractivity contribution is -0.121. The van der Waals surface area contributed by atoms with Gasteiger partial charge in [-0.05, 0) is 131 Å². The zero-order valence-corrected chi connectivity index (χ0v) is 40.3. The standard InChI is InChI=1S/C49H65N9O10S.H2/c1-66-41-16-13-29(22-32(41)45(53)62)25-38(59)35(10-4-7-19-50)56-46(63)33-23-30(14-17-42(33)67-2)26-39(60)36(11-5-8-20-51)57-47(64)34-24-31(15-18-43(34)68-3)27-40(61)37(12-6-9-21-52)58-48(65)44-28-55-49(54)69-44;/h13-18,22-24,28,35-37H,4-12,19-21,25-27,50-52H2,1-3H3,(H2,53,62)(H2,54,55)(H,56,63)(H,57,64)(H,58,65);1H/t35-,36-,37-;/m0./s1. The Balaban J connectivity index is 0.0000130. The molecule has 20 heteroatoms. The predicted octanol–water partition coefficient (Wildman–Crippen LogP) is 3.21. The van der Waals surface area contributed by atoms with Crippen LogP contribution in [0.4, 0.5) is 5.13 Å². The van der Waals surface area contributed by atoms with Gasteiger partial charge in [-0.1, -0.05) is 29.5 Å². The molecule has 4 amide bonds. The van der Waals surface area contributed by atoms with E-state index in [1.807, 2.05) is 0 Å². The van der Waals surface area contributed by atoms with Gasteiger partial charge in [-0.2, -0.15) is 0 Å². The number of carbonyl (C=O) groups excluding carboxylic acids is 7. The van der Waals surface area contributed by atoms with Gasteiger partial charge in [-0.15, -0.1) is 0 Å². The first kappa shape index (κ1) is 54.9. The van der Waals surface area contributed by atoms with Crippen LogP contribution in [0.25, 0.3) is 0 Å². The Morgan fingerprint density at radius 2 is 0.899 bits per heavy atom. The van der Waals surface area contributed by atoms with E-state index < -0.39 is 41.8 Å². The van der Waals surface area contributed by atoms with E-state index in [0.717, 1.165) is 11.3 Å². The van der Waals surface area contributed by atoms with Gasteiger partial charge in [0.2, 0.25) is 0 Å². The Kier molecular flexibility index (Phi) is 22.2. The first-order valence-corrected chi connectivity index (χ1v) is 23.6. The molecule has 0 radical (unpaired) electrons. The molecule has 13 N–H and O–H groups in total. The summed E-state index contributed by atoms with van der Waals surface area (Å²) < 4.78 is 16.3. The summed E-state index contributed by atoms with van der Waals surface area (Å²) in [6.45, 7) is 1.17. The number of hydrogen-bond donors (Lipinski definition) is 8. The number of Topliss-reactive ketones (excluding diaryl/α,β-unsaturated/α-hetero) is 3. The highest BCUT2D eigenvalue weighted by molar-refractivity contribution is 7.17. The van der Waals surface area contributed by atoms with Gasteiger partial charge in [-0.25, -0.2) is 4.98 Å². The molecule has 19 nitrogen and oxygen atoms in total. The molecule has 0 spiro atoms. The zero-order chi connectivity index (χ0) is 50.5. The fourth-order valence-electron chi connectivity index (χ4n) is 7.63. The van der Waals surface area contributed by atoms with Crippen molar-refractivity contribution in [1.82, 2.24) is 20.9 Å². The van der Waals surface area contributed by atoms with Crippen LogP contribution in [-0.4, -0.2) is 105 Å². The second-order valence-corrected chi connectivity index (χ2v) is 17.5. The van der Waals surface area contributed by atoms with E-state index in [4.69, 9.17) is 42.9 Å². The largest absolute Gasteiger partial charge is 0.496 e. The van der Waals surface area contributed by atoms with Crippen molar-refractivity contribution in [3.8, 4) is 17.2 Å². The summed E-state index contributed by atoms with van der Waals surface area (Å²) in [5.41, 5.74) is 30.2.